The third kappa shape index (κ3) is 4.23. The highest BCUT2D eigenvalue weighted by Gasteiger charge is 2.17. The Morgan fingerprint density at radius 1 is 1.35 bits per heavy atom. The van der Waals surface area contributed by atoms with Gasteiger partial charge in [-0.15, -0.1) is 0 Å². The summed E-state index contributed by atoms with van der Waals surface area (Å²) in [6.07, 6.45) is 4.81. The van der Waals surface area contributed by atoms with Crippen LogP contribution in [-0.4, -0.2) is 23.7 Å². The summed E-state index contributed by atoms with van der Waals surface area (Å²) >= 11 is 0. The minimum atomic E-state index is -0.435. The second-order valence-corrected chi connectivity index (χ2v) is 5.33. The number of aliphatic hydroxyl groups excluding tert-OH is 1. The number of rotatable bonds is 6. The van der Waals surface area contributed by atoms with E-state index < -0.39 is 6.10 Å². The Hall–Kier alpha value is -1.55. The van der Waals surface area contributed by atoms with Gasteiger partial charge >= 0.3 is 0 Å². The Bertz CT molecular complexity index is 424. The Labute approximate surface area is 120 Å². The summed E-state index contributed by atoms with van der Waals surface area (Å²) in [5.74, 6) is 0.591. The molecule has 1 saturated carbocycles. The molecule has 20 heavy (non-hydrogen) atoms. The molecule has 1 fully saturated rings. The largest absolute Gasteiger partial charge is 0.484 e. The van der Waals surface area contributed by atoms with Gasteiger partial charge in [0.15, 0.2) is 6.61 Å². The molecule has 1 amide bonds. The van der Waals surface area contributed by atoms with Crippen molar-refractivity contribution in [2.45, 2.75) is 51.2 Å². The minimum Gasteiger partial charge on any atom is -0.484 e. The Balaban J connectivity index is 1.77. The van der Waals surface area contributed by atoms with Gasteiger partial charge in [0.25, 0.3) is 5.91 Å². The molecule has 1 aromatic rings. The van der Waals surface area contributed by atoms with E-state index in [4.69, 9.17) is 4.74 Å². The van der Waals surface area contributed by atoms with Crippen molar-refractivity contribution in [2.24, 2.45) is 0 Å². The summed E-state index contributed by atoms with van der Waals surface area (Å²) in [4.78, 5) is 11.7. The lowest BCUT2D eigenvalue weighted by Gasteiger charge is -2.13. The quantitative estimate of drug-likeness (QED) is 0.840. The molecule has 1 aliphatic carbocycles. The molecule has 0 bridgehead atoms. The highest BCUT2D eigenvalue weighted by molar-refractivity contribution is 5.77. The van der Waals surface area contributed by atoms with Gasteiger partial charge in [-0.25, -0.2) is 0 Å². The summed E-state index contributed by atoms with van der Waals surface area (Å²) in [6, 6.07) is 7.57. The molecule has 4 heteroatoms. The second kappa shape index (κ2) is 7.29. The van der Waals surface area contributed by atoms with Crippen molar-refractivity contribution >= 4 is 5.91 Å². The topological polar surface area (TPSA) is 58.6 Å². The van der Waals surface area contributed by atoms with E-state index in [1.165, 1.54) is 12.8 Å². The first-order valence-electron chi connectivity index (χ1n) is 7.39. The van der Waals surface area contributed by atoms with Crippen LogP contribution in [-0.2, 0) is 4.79 Å². The summed E-state index contributed by atoms with van der Waals surface area (Å²) in [7, 11) is 0. The summed E-state index contributed by atoms with van der Waals surface area (Å²) in [5, 5.41) is 12.7. The fraction of sp³-hybridized carbons (Fsp3) is 0.562. The SMILES string of the molecule is CCC(O)c1ccc(OCC(=O)NC2CCCC2)cc1. The Morgan fingerprint density at radius 3 is 2.60 bits per heavy atom. The van der Waals surface area contributed by atoms with Crippen LogP contribution in [0.5, 0.6) is 5.75 Å². The fourth-order valence-electron chi connectivity index (χ4n) is 2.51. The molecular weight excluding hydrogens is 254 g/mol. The van der Waals surface area contributed by atoms with Gasteiger partial charge in [0.05, 0.1) is 6.10 Å². The third-order valence-corrected chi connectivity index (χ3v) is 3.74. The minimum absolute atomic E-state index is 0.0478. The lowest BCUT2D eigenvalue weighted by atomic mass is 10.1. The van der Waals surface area contributed by atoms with Gasteiger partial charge in [-0.1, -0.05) is 31.9 Å². The van der Waals surface area contributed by atoms with Crippen molar-refractivity contribution in [3.63, 3.8) is 0 Å². The van der Waals surface area contributed by atoms with E-state index in [1.54, 1.807) is 12.1 Å². The van der Waals surface area contributed by atoms with Gasteiger partial charge in [-0.05, 0) is 37.0 Å². The average Bonchev–Trinajstić information content (AvgIpc) is 2.97. The van der Waals surface area contributed by atoms with E-state index in [2.05, 4.69) is 5.32 Å². The van der Waals surface area contributed by atoms with Gasteiger partial charge in [0, 0.05) is 6.04 Å². The molecule has 0 aliphatic heterocycles. The molecule has 4 nitrogen and oxygen atoms in total. The molecule has 1 unspecified atom stereocenters. The van der Waals surface area contributed by atoms with Crippen LogP contribution >= 0.6 is 0 Å². The number of ether oxygens (including phenoxy) is 1. The molecule has 1 aliphatic rings. The van der Waals surface area contributed by atoms with Crippen molar-refractivity contribution in [1.29, 1.82) is 0 Å². The Morgan fingerprint density at radius 2 is 2.00 bits per heavy atom. The van der Waals surface area contributed by atoms with Crippen LogP contribution in [0.3, 0.4) is 0 Å². The lowest BCUT2D eigenvalue weighted by Crippen LogP contribution is -2.36. The fourth-order valence-corrected chi connectivity index (χ4v) is 2.51. The van der Waals surface area contributed by atoms with Gasteiger partial charge in [-0.3, -0.25) is 4.79 Å². The standard InChI is InChI=1S/C16H23NO3/c1-2-15(18)12-7-9-14(10-8-12)20-11-16(19)17-13-5-3-4-6-13/h7-10,13,15,18H,2-6,11H2,1H3,(H,17,19). The highest BCUT2D eigenvalue weighted by atomic mass is 16.5. The lowest BCUT2D eigenvalue weighted by molar-refractivity contribution is -0.123. The van der Waals surface area contributed by atoms with E-state index in [0.29, 0.717) is 18.2 Å². The van der Waals surface area contributed by atoms with Crippen molar-refractivity contribution in [2.75, 3.05) is 6.61 Å². The number of hydrogen-bond donors (Lipinski definition) is 2. The van der Waals surface area contributed by atoms with E-state index in [-0.39, 0.29) is 12.5 Å². The smallest absolute Gasteiger partial charge is 0.258 e. The first-order chi connectivity index (χ1) is 9.69. The molecule has 0 spiro atoms. The van der Waals surface area contributed by atoms with Crippen molar-refractivity contribution in [3.8, 4) is 5.75 Å². The molecule has 2 N–H and O–H groups in total. The molecular formula is C16H23NO3. The maximum absolute atomic E-state index is 11.7. The van der Waals surface area contributed by atoms with E-state index in [0.717, 1.165) is 18.4 Å². The zero-order valence-corrected chi connectivity index (χ0v) is 12.0. The van der Waals surface area contributed by atoms with Crippen LogP contribution in [0.1, 0.15) is 50.7 Å². The van der Waals surface area contributed by atoms with E-state index >= 15 is 0 Å². The van der Waals surface area contributed by atoms with Crippen molar-refractivity contribution in [3.05, 3.63) is 29.8 Å². The van der Waals surface area contributed by atoms with Gasteiger partial charge in [-0.2, -0.15) is 0 Å². The van der Waals surface area contributed by atoms with Crippen LogP contribution in [0.15, 0.2) is 24.3 Å². The van der Waals surface area contributed by atoms with Crippen LogP contribution < -0.4 is 10.1 Å². The van der Waals surface area contributed by atoms with Gasteiger partial charge in [0.2, 0.25) is 0 Å². The zero-order valence-electron chi connectivity index (χ0n) is 12.0. The first-order valence-corrected chi connectivity index (χ1v) is 7.39. The maximum atomic E-state index is 11.7. The van der Waals surface area contributed by atoms with Crippen molar-refractivity contribution in [1.82, 2.24) is 5.32 Å². The number of nitrogens with one attached hydrogen (secondary N) is 1. The van der Waals surface area contributed by atoms with E-state index in [1.807, 2.05) is 19.1 Å². The number of amides is 1. The number of carbonyl (C=O) groups is 1. The predicted octanol–water partition coefficient (Wildman–Crippen LogP) is 2.57. The van der Waals surface area contributed by atoms with E-state index in [9.17, 15) is 9.90 Å². The maximum Gasteiger partial charge on any atom is 0.258 e. The average molecular weight is 277 g/mol. The predicted molar refractivity (Wildman–Crippen MR) is 77.6 cm³/mol. The summed E-state index contributed by atoms with van der Waals surface area (Å²) in [6.45, 7) is 1.98. The van der Waals surface area contributed by atoms with Gasteiger partial charge < -0.3 is 15.2 Å². The van der Waals surface area contributed by atoms with Gasteiger partial charge in [0.1, 0.15) is 5.75 Å². The number of carbonyl (C=O) groups excluding carboxylic acids is 1. The first kappa shape index (κ1) is 14.9. The molecule has 110 valence electrons. The van der Waals surface area contributed by atoms with Crippen LogP contribution in [0, 0.1) is 0 Å². The second-order valence-electron chi connectivity index (χ2n) is 5.33. The molecule has 2 rings (SSSR count). The number of hydrogen-bond acceptors (Lipinski definition) is 3. The summed E-state index contributed by atoms with van der Waals surface area (Å²) in [5.41, 5.74) is 0.871. The molecule has 0 saturated heterocycles. The van der Waals surface area contributed by atoms with Crippen LogP contribution in [0.4, 0.5) is 0 Å². The molecule has 0 heterocycles. The van der Waals surface area contributed by atoms with Crippen LogP contribution in [0.25, 0.3) is 0 Å². The normalized spacial score (nSPS) is 16.9. The third-order valence-electron chi connectivity index (χ3n) is 3.74. The molecule has 1 aromatic carbocycles. The number of aliphatic hydroxyl groups is 1. The summed E-state index contributed by atoms with van der Waals surface area (Å²) < 4.78 is 5.45. The van der Waals surface area contributed by atoms with Crippen LogP contribution in [0.2, 0.25) is 0 Å². The molecule has 0 aromatic heterocycles. The zero-order chi connectivity index (χ0) is 14.4. The van der Waals surface area contributed by atoms with Crippen molar-refractivity contribution < 1.29 is 14.6 Å². The molecule has 1 atom stereocenters. The highest BCUT2D eigenvalue weighted by Crippen LogP contribution is 2.20. The monoisotopic (exact) mass is 277 g/mol. The number of benzene rings is 1. The Kier molecular flexibility index (Phi) is 5.41. The molecule has 0 radical (unpaired) electrons.